The molecule has 0 aliphatic rings. The molecule has 0 N–H and O–H groups in total. The zero-order valence-electron chi connectivity index (χ0n) is 44.8. The van der Waals surface area contributed by atoms with Gasteiger partial charge in [0, 0.05) is 12.8 Å². The van der Waals surface area contributed by atoms with E-state index in [-0.39, 0.29) is 32.0 Å². The molecule has 2 atom stereocenters. The second-order valence-corrected chi connectivity index (χ2v) is 21.3. The summed E-state index contributed by atoms with van der Waals surface area (Å²) in [6.07, 6.45) is 62.6. The van der Waals surface area contributed by atoms with Crippen LogP contribution >= 0.6 is 7.82 Å². The molecule has 0 rings (SSSR count). The number of allylic oxidation sites excluding steroid dienone is 10. The molecule has 0 aliphatic carbocycles. The second kappa shape index (κ2) is 49.7. The van der Waals surface area contributed by atoms with Crippen molar-refractivity contribution in [2.75, 3.05) is 47.5 Å². The molecule has 2 unspecified atom stereocenters. The average Bonchev–Trinajstić information content (AvgIpc) is 3.30. The van der Waals surface area contributed by atoms with E-state index in [4.69, 9.17) is 18.5 Å². The number of nitrogens with zero attached hydrogens (tertiary/aromatic N) is 1. The van der Waals surface area contributed by atoms with Crippen LogP contribution in [0.5, 0.6) is 0 Å². The number of unbranched alkanes of at least 4 members (excludes halogenated alkanes) is 27. The third-order valence-electron chi connectivity index (χ3n) is 12.1. The Morgan fingerprint density at radius 2 is 0.838 bits per heavy atom. The van der Waals surface area contributed by atoms with Crippen molar-refractivity contribution < 1.29 is 42.1 Å². The van der Waals surface area contributed by atoms with Crippen molar-refractivity contribution in [2.45, 2.75) is 251 Å². The van der Waals surface area contributed by atoms with Gasteiger partial charge in [0.2, 0.25) is 0 Å². The number of phosphoric ester groups is 1. The van der Waals surface area contributed by atoms with Crippen molar-refractivity contribution >= 4 is 19.8 Å². The van der Waals surface area contributed by atoms with Gasteiger partial charge in [-0.15, -0.1) is 0 Å². The number of rotatable bonds is 51. The normalized spacial score (nSPS) is 13.8. The number of esters is 2. The van der Waals surface area contributed by atoms with Gasteiger partial charge in [-0.2, -0.15) is 0 Å². The largest absolute Gasteiger partial charge is 0.756 e. The minimum atomic E-state index is -4.63. The summed E-state index contributed by atoms with van der Waals surface area (Å²) < 4.78 is 34.1. The number of carbonyl (C=O) groups is 2. The monoisotopic (exact) mass is 976 g/mol. The molecule has 0 radical (unpaired) electrons. The fraction of sp³-hybridized carbons (Fsp3) is 0.793. The molecule has 0 heterocycles. The lowest BCUT2D eigenvalue weighted by Gasteiger charge is -2.28. The van der Waals surface area contributed by atoms with Crippen LogP contribution in [0.4, 0.5) is 0 Å². The summed E-state index contributed by atoms with van der Waals surface area (Å²) in [6, 6.07) is 0. The van der Waals surface area contributed by atoms with Crippen LogP contribution in [0.2, 0.25) is 0 Å². The average molecular weight is 976 g/mol. The zero-order valence-corrected chi connectivity index (χ0v) is 45.7. The molecule has 0 spiro atoms. The highest BCUT2D eigenvalue weighted by atomic mass is 31.2. The molecule has 0 saturated heterocycles. The van der Waals surface area contributed by atoms with Crippen molar-refractivity contribution in [1.82, 2.24) is 0 Å². The van der Waals surface area contributed by atoms with Crippen LogP contribution in [0.3, 0.4) is 0 Å². The maximum Gasteiger partial charge on any atom is 0.306 e. The lowest BCUT2D eigenvalue weighted by atomic mass is 10.0. The molecule has 0 fully saturated rings. The Balaban J connectivity index is 4.13. The topological polar surface area (TPSA) is 111 Å². The van der Waals surface area contributed by atoms with Crippen LogP contribution in [-0.2, 0) is 32.7 Å². The van der Waals surface area contributed by atoms with Gasteiger partial charge in [-0.3, -0.25) is 14.2 Å². The van der Waals surface area contributed by atoms with E-state index >= 15 is 0 Å². The van der Waals surface area contributed by atoms with Crippen LogP contribution in [0.1, 0.15) is 245 Å². The number of carbonyl (C=O) groups excluding carboxylic acids is 2. The van der Waals surface area contributed by atoms with E-state index in [2.05, 4.69) is 74.6 Å². The number of ether oxygens (including phenoxy) is 2. The zero-order chi connectivity index (χ0) is 49.9. The van der Waals surface area contributed by atoms with Crippen LogP contribution in [-0.4, -0.2) is 70.0 Å². The minimum Gasteiger partial charge on any atom is -0.756 e. The SMILES string of the molecule is CC/C=C\C/C=C\C/C=C\C/C=C\C/C=C\CCCCCCCCCCCCCCCC(=O)OC(COC(=O)CCCCCCCCCCCCCCCCC)COP(=O)([O-])OCC[N+](C)(C)C. The first kappa shape index (κ1) is 65.7. The molecule has 0 bridgehead atoms. The Morgan fingerprint density at radius 1 is 0.471 bits per heavy atom. The van der Waals surface area contributed by atoms with Gasteiger partial charge in [0.05, 0.1) is 27.7 Å². The highest BCUT2D eigenvalue weighted by molar-refractivity contribution is 7.45. The van der Waals surface area contributed by atoms with Gasteiger partial charge in [0.15, 0.2) is 6.10 Å². The Bertz CT molecular complexity index is 1340. The van der Waals surface area contributed by atoms with E-state index in [1.54, 1.807) is 0 Å². The van der Waals surface area contributed by atoms with Crippen molar-refractivity contribution in [2.24, 2.45) is 0 Å². The first-order chi connectivity index (χ1) is 33.0. The first-order valence-corrected chi connectivity index (χ1v) is 29.5. The summed E-state index contributed by atoms with van der Waals surface area (Å²) in [5, 5.41) is 0. The molecular weight excluding hydrogens is 870 g/mol. The number of hydrogen-bond acceptors (Lipinski definition) is 8. The molecule has 68 heavy (non-hydrogen) atoms. The van der Waals surface area contributed by atoms with E-state index in [0.717, 1.165) is 70.6 Å². The molecule has 0 saturated carbocycles. The van der Waals surface area contributed by atoms with E-state index in [1.165, 1.54) is 141 Å². The van der Waals surface area contributed by atoms with Crippen LogP contribution in [0.25, 0.3) is 0 Å². The minimum absolute atomic E-state index is 0.0309. The Morgan fingerprint density at radius 3 is 1.25 bits per heavy atom. The van der Waals surface area contributed by atoms with Crippen LogP contribution in [0, 0.1) is 0 Å². The van der Waals surface area contributed by atoms with E-state index in [1.807, 2.05) is 21.1 Å². The van der Waals surface area contributed by atoms with Crippen LogP contribution < -0.4 is 4.89 Å². The fourth-order valence-electron chi connectivity index (χ4n) is 7.74. The van der Waals surface area contributed by atoms with E-state index < -0.39 is 26.5 Å². The van der Waals surface area contributed by atoms with Crippen molar-refractivity contribution in [3.05, 3.63) is 60.8 Å². The third-order valence-corrected chi connectivity index (χ3v) is 13.0. The first-order valence-electron chi connectivity index (χ1n) is 28.0. The molecule has 10 heteroatoms. The molecule has 396 valence electrons. The lowest BCUT2D eigenvalue weighted by molar-refractivity contribution is -0.870. The van der Waals surface area contributed by atoms with E-state index in [0.29, 0.717) is 17.4 Å². The summed E-state index contributed by atoms with van der Waals surface area (Å²) in [5.74, 6) is -0.827. The lowest BCUT2D eigenvalue weighted by Crippen LogP contribution is -2.37. The Hall–Kier alpha value is -2.29. The van der Waals surface area contributed by atoms with Crippen LogP contribution in [0.15, 0.2) is 60.8 Å². The number of likely N-dealkylation sites (N-methyl/N-ethyl adjacent to an activating group) is 1. The molecular formula is C58H106NO8P. The van der Waals surface area contributed by atoms with Gasteiger partial charge in [-0.05, 0) is 57.8 Å². The summed E-state index contributed by atoms with van der Waals surface area (Å²) in [5.41, 5.74) is 0. The smallest absolute Gasteiger partial charge is 0.306 e. The highest BCUT2D eigenvalue weighted by Gasteiger charge is 2.21. The summed E-state index contributed by atoms with van der Waals surface area (Å²) in [6.45, 7) is 4.15. The Labute approximate surface area is 419 Å². The highest BCUT2D eigenvalue weighted by Crippen LogP contribution is 2.38. The molecule has 0 aromatic carbocycles. The molecule has 0 aromatic rings. The maximum absolute atomic E-state index is 12.8. The van der Waals surface area contributed by atoms with Gasteiger partial charge in [0.1, 0.15) is 19.8 Å². The van der Waals surface area contributed by atoms with Crippen molar-refractivity contribution in [3.63, 3.8) is 0 Å². The molecule has 9 nitrogen and oxygen atoms in total. The summed E-state index contributed by atoms with van der Waals surface area (Å²) in [4.78, 5) is 37.8. The molecule has 0 aliphatic heterocycles. The third kappa shape index (κ3) is 53.1. The quantitative estimate of drug-likeness (QED) is 0.0195. The number of quaternary nitrogens is 1. The standard InChI is InChI=1S/C58H106NO8P/c1-6-8-10-12-14-16-18-20-22-23-24-25-26-27-28-29-30-31-32-33-34-35-37-39-41-43-45-47-49-51-58(61)67-56(55-66-68(62,63)65-53-52-59(3,4)5)54-64-57(60)50-48-46-44-42-40-38-36-21-19-17-15-13-11-9-7-2/h8,10,14,16,20,22,24-25,27-28,56H,6-7,9,11-13,15,17-19,21,23,26,29-55H2,1-5H3/b10-8-,16-14-,22-20-,25-24-,28-27-. The second-order valence-electron chi connectivity index (χ2n) is 19.9. The predicted octanol–water partition coefficient (Wildman–Crippen LogP) is 16.5. The van der Waals surface area contributed by atoms with Gasteiger partial charge >= 0.3 is 11.9 Å². The summed E-state index contributed by atoms with van der Waals surface area (Å²) >= 11 is 0. The van der Waals surface area contributed by atoms with Gasteiger partial charge in [-0.25, -0.2) is 0 Å². The Kier molecular flexibility index (Phi) is 48.0. The van der Waals surface area contributed by atoms with Crippen molar-refractivity contribution in [1.29, 1.82) is 0 Å². The maximum atomic E-state index is 12.8. The van der Waals surface area contributed by atoms with Gasteiger partial charge < -0.3 is 27.9 Å². The van der Waals surface area contributed by atoms with Gasteiger partial charge in [0.25, 0.3) is 7.82 Å². The molecule has 0 aromatic heterocycles. The van der Waals surface area contributed by atoms with E-state index in [9.17, 15) is 19.0 Å². The number of hydrogen-bond donors (Lipinski definition) is 0. The predicted molar refractivity (Wildman–Crippen MR) is 287 cm³/mol. The summed E-state index contributed by atoms with van der Waals surface area (Å²) in [7, 11) is 1.17. The number of phosphoric acid groups is 1. The molecule has 0 amide bonds. The van der Waals surface area contributed by atoms with Gasteiger partial charge in [-0.1, -0.05) is 235 Å². The van der Waals surface area contributed by atoms with Crippen molar-refractivity contribution in [3.8, 4) is 0 Å². The fourth-order valence-corrected chi connectivity index (χ4v) is 8.47.